The zero-order valence-electron chi connectivity index (χ0n) is 17.7. The molecule has 0 aliphatic carbocycles. The molecule has 1 aliphatic rings. The van der Waals surface area contributed by atoms with Gasteiger partial charge < -0.3 is 15.0 Å². The van der Waals surface area contributed by atoms with Gasteiger partial charge in [0.15, 0.2) is 0 Å². The molecule has 1 atom stereocenters. The third kappa shape index (κ3) is 7.50. The molecule has 156 valence electrons. The SMILES string of the molecule is CCN(Cc1ccccc1)C(=O)CN1CCCCC1CNC(=O)OC(C)(C)C. The van der Waals surface area contributed by atoms with Gasteiger partial charge in [-0.05, 0) is 52.6 Å². The van der Waals surface area contributed by atoms with Crippen molar-refractivity contribution < 1.29 is 14.3 Å². The monoisotopic (exact) mass is 389 g/mol. The summed E-state index contributed by atoms with van der Waals surface area (Å²) in [6, 6.07) is 10.2. The van der Waals surface area contributed by atoms with E-state index in [2.05, 4.69) is 10.2 Å². The van der Waals surface area contributed by atoms with E-state index in [0.717, 1.165) is 31.4 Å². The first-order chi connectivity index (χ1) is 13.3. The van der Waals surface area contributed by atoms with E-state index in [9.17, 15) is 9.59 Å². The van der Waals surface area contributed by atoms with Gasteiger partial charge in [-0.2, -0.15) is 0 Å². The van der Waals surface area contributed by atoms with E-state index >= 15 is 0 Å². The van der Waals surface area contributed by atoms with Gasteiger partial charge in [0.2, 0.25) is 5.91 Å². The minimum Gasteiger partial charge on any atom is -0.444 e. The predicted molar refractivity (Wildman–Crippen MR) is 111 cm³/mol. The Labute approximate surface area is 169 Å². The molecule has 1 N–H and O–H groups in total. The predicted octanol–water partition coefficient (Wildman–Crippen LogP) is 3.41. The van der Waals surface area contributed by atoms with E-state index in [4.69, 9.17) is 4.74 Å². The molecule has 1 heterocycles. The van der Waals surface area contributed by atoms with Crippen molar-refractivity contribution in [1.29, 1.82) is 0 Å². The van der Waals surface area contributed by atoms with Crippen molar-refractivity contribution in [2.75, 3.05) is 26.2 Å². The Balaban J connectivity index is 1.89. The second kappa shape index (κ2) is 10.5. The highest BCUT2D eigenvalue weighted by molar-refractivity contribution is 5.78. The van der Waals surface area contributed by atoms with E-state index in [-0.39, 0.29) is 11.9 Å². The molecular weight excluding hydrogens is 354 g/mol. The van der Waals surface area contributed by atoms with Crippen molar-refractivity contribution in [3.63, 3.8) is 0 Å². The van der Waals surface area contributed by atoms with E-state index in [0.29, 0.717) is 26.2 Å². The van der Waals surface area contributed by atoms with Crippen LogP contribution in [0.25, 0.3) is 0 Å². The Morgan fingerprint density at radius 1 is 1.21 bits per heavy atom. The highest BCUT2D eigenvalue weighted by atomic mass is 16.6. The van der Waals surface area contributed by atoms with Gasteiger partial charge >= 0.3 is 6.09 Å². The van der Waals surface area contributed by atoms with Crippen LogP contribution < -0.4 is 5.32 Å². The Hall–Kier alpha value is -2.08. The second-order valence-corrected chi connectivity index (χ2v) is 8.40. The smallest absolute Gasteiger partial charge is 0.407 e. The molecule has 1 fully saturated rings. The second-order valence-electron chi connectivity index (χ2n) is 8.40. The molecule has 6 heteroatoms. The molecule has 1 saturated heterocycles. The molecular formula is C22H35N3O3. The number of hydrogen-bond acceptors (Lipinski definition) is 4. The fourth-order valence-electron chi connectivity index (χ4n) is 3.47. The van der Waals surface area contributed by atoms with Crippen molar-refractivity contribution >= 4 is 12.0 Å². The molecule has 2 amide bonds. The summed E-state index contributed by atoms with van der Waals surface area (Å²) in [5.41, 5.74) is 0.630. The number of piperidine rings is 1. The van der Waals surface area contributed by atoms with Gasteiger partial charge in [-0.1, -0.05) is 36.8 Å². The molecule has 6 nitrogen and oxygen atoms in total. The number of benzene rings is 1. The van der Waals surface area contributed by atoms with Crippen LogP contribution in [0.2, 0.25) is 0 Å². The molecule has 1 aromatic carbocycles. The molecule has 1 aliphatic heterocycles. The maximum absolute atomic E-state index is 12.9. The number of likely N-dealkylation sites (tertiary alicyclic amines) is 1. The van der Waals surface area contributed by atoms with Crippen LogP contribution in [0.4, 0.5) is 4.79 Å². The highest BCUT2D eigenvalue weighted by Gasteiger charge is 2.27. The summed E-state index contributed by atoms with van der Waals surface area (Å²) in [7, 11) is 0. The lowest BCUT2D eigenvalue weighted by Gasteiger charge is -2.36. The van der Waals surface area contributed by atoms with Crippen LogP contribution in [0.5, 0.6) is 0 Å². The van der Waals surface area contributed by atoms with Crippen LogP contribution in [-0.2, 0) is 16.1 Å². The summed E-state index contributed by atoms with van der Waals surface area (Å²) in [6.45, 7) is 10.7. The number of carbonyl (C=O) groups is 2. The van der Waals surface area contributed by atoms with Crippen LogP contribution in [0.1, 0.15) is 52.5 Å². The standard InChI is InChI=1S/C22H35N3O3/c1-5-24(16-18-11-7-6-8-12-18)20(26)17-25-14-10-9-13-19(25)15-23-21(27)28-22(2,3)4/h6-8,11-12,19H,5,9-10,13-17H2,1-4H3,(H,23,27). The first-order valence-corrected chi connectivity index (χ1v) is 10.3. The van der Waals surface area contributed by atoms with E-state index < -0.39 is 11.7 Å². The third-order valence-electron chi connectivity index (χ3n) is 4.92. The number of likely N-dealkylation sites (N-methyl/N-ethyl adjacent to an activating group) is 1. The minimum atomic E-state index is -0.509. The first kappa shape index (κ1) is 22.2. The number of alkyl carbamates (subject to hydrolysis) is 1. The number of hydrogen-bond donors (Lipinski definition) is 1. The third-order valence-corrected chi connectivity index (χ3v) is 4.92. The van der Waals surface area contributed by atoms with Crippen LogP contribution >= 0.6 is 0 Å². The number of rotatable bonds is 7. The summed E-state index contributed by atoms with van der Waals surface area (Å²) < 4.78 is 5.32. The van der Waals surface area contributed by atoms with Gasteiger partial charge in [0.05, 0.1) is 6.54 Å². The van der Waals surface area contributed by atoms with E-state index in [1.807, 2.05) is 62.9 Å². The number of ether oxygens (including phenoxy) is 1. The van der Waals surface area contributed by atoms with Crippen LogP contribution in [0, 0.1) is 0 Å². The van der Waals surface area contributed by atoms with Gasteiger partial charge in [-0.3, -0.25) is 9.69 Å². The quantitative estimate of drug-likeness (QED) is 0.776. The van der Waals surface area contributed by atoms with Gasteiger partial charge in [0, 0.05) is 25.7 Å². The van der Waals surface area contributed by atoms with Crippen molar-refractivity contribution in [2.24, 2.45) is 0 Å². The van der Waals surface area contributed by atoms with Crippen LogP contribution in [-0.4, -0.2) is 59.6 Å². The maximum Gasteiger partial charge on any atom is 0.407 e. The average Bonchev–Trinajstić information content (AvgIpc) is 2.64. The zero-order chi connectivity index (χ0) is 20.6. The lowest BCUT2D eigenvalue weighted by molar-refractivity contribution is -0.133. The molecule has 1 unspecified atom stereocenters. The highest BCUT2D eigenvalue weighted by Crippen LogP contribution is 2.17. The zero-order valence-corrected chi connectivity index (χ0v) is 17.7. The molecule has 0 bridgehead atoms. The number of amides is 2. The molecule has 1 aromatic rings. The summed E-state index contributed by atoms with van der Waals surface area (Å²) >= 11 is 0. The normalized spacial score (nSPS) is 17.8. The van der Waals surface area contributed by atoms with Gasteiger partial charge in [-0.15, -0.1) is 0 Å². The van der Waals surface area contributed by atoms with Crippen molar-refractivity contribution in [1.82, 2.24) is 15.1 Å². The van der Waals surface area contributed by atoms with Gasteiger partial charge in [0.1, 0.15) is 5.60 Å². The molecule has 2 rings (SSSR count). The molecule has 0 radical (unpaired) electrons. The number of nitrogens with zero attached hydrogens (tertiary/aromatic N) is 2. The lowest BCUT2D eigenvalue weighted by Crippen LogP contribution is -2.51. The van der Waals surface area contributed by atoms with E-state index in [1.165, 1.54) is 0 Å². The summed E-state index contributed by atoms with van der Waals surface area (Å²) in [4.78, 5) is 28.9. The number of nitrogens with one attached hydrogen (secondary N) is 1. The largest absolute Gasteiger partial charge is 0.444 e. The Morgan fingerprint density at radius 3 is 2.57 bits per heavy atom. The minimum absolute atomic E-state index is 0.135. The van der Waals surface area contributed by atoms with Crippen LogP contribution in [0.15, 0.2) is 30.3 Å². The van der Waals surface area contributed by atoms with Crippen molar-refractivity contribution in [3.8, 4) is 0 Å². The summed E-state index contributed by atoms with van der Waals surface area (Å²) in [5, 5.41) is 2.87. The first-order valence-electron chi connectivity index (χ1n) is 10.3. The Bertz CT molecular complexity index is 628. The van der Waals surface area contributed by atoms with Crippen molar-refractivity contribution in [2.45, 2.75) is 65.1 Å². The van der Waals surface area contributed by atoms with Gasteiger partial charge in [0.25, 0.3) is 0 Å². The maximum atomic E-state index is 12.9. The Kier molecular flexibility index (Phi) is 8.30. The average molecular weight is 390 g/mol. The summed E-state index contributed by atoms with van der Waals surface area (Å²) in [6.07, 6.45) is 2.78. The van der Waals surface area contributed by atoms with Crippen molar-refractivity contribution in [3.05, 3.63) is 35.9 Å². The number of carbonyl (C=O) groups excluding carboxylic acids is 2. The molecule has 28 heavy (non-hydrogen) atoms. The molecule has 0 spiro atoms. The topological polar surface area (TPSA) is 61.9 Å². The fourth-order valence-corrected chi connectivity index (χ4v) is 3.47. The summed E-state index contributed by atoms with van der Waals surface area (Å²) in [5.74, 6) is 0.135. The Morgan fingerprint density at radius 2 is 1.93 bits per heavy atom. The lowest BCUT2D eigenvalue weighted by atomic mass is 10.0. The van der Waals surface area contributed by atoms with E-state index in [1.54, 1.807) is 0 Å². The van der Waals surface area contributed by atoms with Crippen LogP contribution in [0.3, 0.4) is 0 Å². The van der Waals surface area contributed by atoms with Gasteiger partial charge in [-0.25, -0.2) is 4.79 Å². The molecule has 0 aromatic heterocycles. The molecule has 0 saturated carbocycles. The fraction of sp³-hybridized carbons (Fsp3) is 0.636.